The molecule has 0 saturated carbocycles. The molecule has 1 rings (SSSR count). The molecule has 10 nitrogen and oxygen atoms in total. The van der Waals surface area contributed by atoms with Gasteiger partial charge in [-0.3, -0.25) is 9.59 Å². The number of carbonyl (C=O) groups is 2. The summed E-state index contributed by atoms with van der Waals surface area (Å²) in [6.45, 7) is 3.34. The van der Waals surface area contributed by atoms with E-state index in [0.717, 1.165) is 77.0 Å². The van der Waals surface area contributed by atoms with Crippen LogP contribution in [-0.4, -0.2) is 89.0 Å². The van der Waals surface area contributed by atoms with Gasteiger partial charge in [0.05, 0.1) is 13.2 Å². The van der Waals surface area contributed by atoms with E-state index in [1.807, 2.05) is 0 Å². The zero-order valence-electron chi connectivity index (χ0n) is 35.1. The van der Waals surface area contributed by atoms with Crippen LogP contribution in [0.4, 0.5) is 0 Å². The second-order valence-electron chi connectivity index (χ2n) is 15.1. The number of ether oxygens (including phenoxy) is 4. The second kappa shape index (κ2) is 37.0. The van der Waals surface area contributed by atoms with Gasteiger partial charge in [0.15, 0.2) is 12.4 Å². The quantitative estimate of drug-likeness (QED) is 0.0275. The maximum absolute atomic E-state index is 12.7. The van der Waals surface area contributed by atoms with E-state index in [0.29, 0.717) is 12.8 Å². The average molecular weight is 793 g/mol. The molecule has 1 heterocycles. The van der Waals surface area contributed by atoms with E-state index >= 15 is 0 Å². The molecule has 10 heteroatoms. The van der Waals surface area contributed by atoms with Crippen LogP contribution in [-0.2, 0) is 28.5 Å². The number of rotatable bonds is 36. The molecule has 2 unspecified atom stereocenters. The van der Waals surface area contributed by atoms with Crippen molar-refractivity contribution in [2.75, 3.05) is 19.8 Å². The molecular formula is C46H80O10. The highest BCUT2D eigenvalue weighted by Gasteiger charge is 2.44. The first kappa shape index (κ1) is 51.7. The highest BCUT2D eigenvalue weighted by molar-refractivity contribution is 5.70. The lowest BCUT2D eigenvalue weighted by Crippen LogP contribution is -2.59. The third kappa shape index (κ3) is 28.1. The molecule has 0 spiro atoms. The number of hydrogen-bond acceptors (Lipinski definition) is 10. The van der Waals surface area contributed by atoms with Crippen LogP contribution in [0.5, 0.6) is 0 Å². The number of unbranched alkanes of at least 4 members (excludes halogenated alkanes) is 17. The van der Waals surface area contributed by atoms with Crippen molar-refractivity contribution in [3.05, 3.63) is 48.6 Å². The highest BCUT2D eigenvalue weighted by atomic mass is 16.7. The molecule has 0 amide bonds. The van der Waals surface area contributed by atoms with Gasteiger partial charge in [0, 0.05) is 12.8 Å². The summed E-state index contributed by atoms with van der Waals surface area (Å²) in [6.07, 6.45) is 35.4. The molecule has 1 saturated heterocycles. The fourth-order valence-corrected chi connectivity index (χ4v) is 6.36. The molecule has 0 aromatic rings. The smallest absolute Gasteiger partial charge is 0.306 e. The molecule has 4 N–H and O–H groups in total. The van der Waals surface area contributed by atoms with Gasteiger partial charge < -0.3 is 39.4 Å². The SMILES string of the molecule is CCCCC/C=C/C/C=C/C/C=C/CCCCCCC(=O)OC[C@@H](CO[C@H]1O[C@@H](CO)[C@@H](O)C(O)C1O)OC(=O)CCCCCCC/C=C/CCCCCCC. The summed E-state index contributed by atoms with van der Waals surface area (Å²) in [4.78, 5) is 25.3. The molecule has 324 valence electrons. The van der Waals surface area contributed by atoms with Crippen LogP contribution in [0, 0.1) is 0 Å². The van der Waals surface area contributed by atoms with Crippen molar-refractivity contribution in [1.82, 2.24) is 0 Å². The Bertz CT molecular complexity index is 1050. The number of carbonyl (C=O) groups excluding carboxylic acids is 2. The van der Waals surface area contributed by atoms with Gasteiger partial charge in [-0.25, -0.2) is 0 Å². The summed E-state index contributed by atoms with van der Waals surface area (Å²) in [6, 6.07) is 0. The van der Waals surface area contributed by atoms with E-state index in [-0.39, 0.29) is 26.1 Å². The summed E-state index contributed by atoms with van der Waals surface area (Å²) in [5.41, 5.74) is 0. The Morgan fingerprint density at radius 2 is 1.00 bits per heavy atom. The predicted molar refractivity (Wildman–Crippen MR) is 224 cm³/mol. The number of esters is 2. The normalized spacial score (nSPS) is 20.9. The maximum atomic E-state index is 12.7. The highest BCUT2D eigenvalue weighted by Crippen LogP contribution is 2.22. The molecule has 1 aliphatic rings. The van der Waals surface area contributed by atoms with Crippen molar-refractivity contribution in [2.45, 2.75) is 211 Å². The van der Waals surface area contributed by atoms with Crippen LogP contribution in [0.15, 0.2) is 48.6 Å². The van der Waals surface area contributed by atoms with Gasteiger partial charge in [0.2, 0.25) is 0 Å². The number of aliphatic hydroxyl groups is 4. The predicted octanol–water partition coefficient (Wildman–Crippen LogP) is 9.28. The van der Waals surface area contributed by atoms with Gasteiger partial charge in [0.25, 0.3) is 0 Å². The zero-order chi connectivity index (χ0) is 40.9. The van der Waals surface area contributed by atoms with E-state index in [2.05, 4.69) is 62.5 Å². The molecule has 0 aliphatic carbocycles. The van der Waals surface area contributed by atoms with Crippen molar-refractivity contribution in [1.29, 1.82) is 0 Å². The van der Waals surface area contributed by atoms with Crippen LogP contribution < -0.4 is 0 Å². The van der Waals surface area contributed by atoms with Crippen molar-refractivity contribution >= 4 is 11.9 Å². The van der Waals surface area contributed by atoms with Gasteiger partial charge >= 0.3 is 11.9 Å². The van der Waals surface area contributed by atoms with Crippen molar-refractivity contribution in [3.63, 3.8) is 0 Å². The molecule has 0 radical (unpaired) electrons. The Balaban J connectivity index is 2.36. The van der Waals surface area contributed by atoms with Crippen LogP contribution in [0.2, 0.25) is 0 Å². The first-order valence-corrected chi connectivity index (χ1v) is 22.2. The number of hydrogen-bond donors (Lipinski definition) is 4. The third-order valence-corrected chi connectivity index (χ3v) is 9.94. The van der Waals surface area contributed by atoms with Gasteiger partial charge in [0.1, 0.15) is 31.0 Å². The summed E-state index contributed by atoms with van der Waals surface area (Å²) >= 11 is 0. The standard InChI is InChI=1S/C46H80O10/c1-3-5-7-9-11-13-15-17-19-20-21-23-24-26-28-30-32-34-41(48)53-37-39(38-54-46-45(52)44(51)43(50)40(36-47)56-46)55-42(49)35-33-31-29-27-25-22-18-16-14-12-10-8-6-4-2/h11,13,16-19,21,23,39-40,43-47,50-52H,3-10,12,14-15,20,22,24-38H2,1-2H3/b13-11+,18-16+,19-17+,23-21+/t39-,40-,43+,44?,45?,46-/m0/s1. The Kier molecular flexibility index (Phi) is 34.1. The van der Waals surface area contributed by atoms with Gasteiger partial charge in [-0.2, -0.15) is 0 Å². The fraction of sp³-hybridized carbons (Fsp3) is 0.783. The second-order valence-corrected chi connectivity index (χ2v) is 15.1. The molecule has 0 bridgehead atoms. The molecule has 0 aromatic carbocycles. The minimum Gasteiger partial charge on any atom is -0.462 e. The minimum atomic E-state index is -1.60. The molecule has 56 heavy (non-hydrogen) atoms. The fourth-order valence-electron chi connectivity index (χ4n) is 6.36. The summed E-state index contributed by atoms with van der Waals surface area (Å²) in [5, 5.41) is 40.0. The first-order valence-electron chi connectivity index (χ1n) is 22.2. The van der Waals surface area contributed by atoms with E-state index in [4.69, 9.17) is 18.9 Å². The lowest BCUT2D eigenvalue weighted by atomic mass is 9.99. The van der Waals surface area contributed by atoms with E-state index < -0.39 is 55.4 Å². The van der Waals surface area contributed by atoms with Gasteiger partial charge in [-0.1, -0.05) is 133 Å². The van der Waals surface area contributed by atoms with Gasteiger partial charge in [-0.05, 0) is 77.0 Å². The summed E-state index contributed by atoms with van der Waals surface area (Å²) < 4.78 is 22.1. The van der Waals surface area contributed by atoms with Crippen molar-refractivity contribution in [2.24, 2.45) is 0 Å². The average Bonchev–Trinajstić information content (AvgIpc) is 3.19. The minimum absolute atomic E-state index is 0.213. The van der Waals surface area contributed by atoms with E-state index in [9.17, 15) is 30.0 Å². The van der Waals surface area contributed by atoms with Gasteiger partial charge in [-0.15, -0.1) is 0 Å². The Labute approximate surface area is 339 Å². The first-order chi connectivity index (χ1) is 27.3. The van der Waals surface area contributed by atoms with Crippen LogP contribution >= 0.6 is 0 Å². The number of aliphatic hydroxyl groups excluding tert-OH is 4. The maximum Gasteiger partial charge on any atom is 0.306 e. The van der Waals surface area contributed by atoms with Crippen LogP contribution in [0.1, 0.15) is 174 Å². The Morgan fingerprint density at radius 3 is 1.55 bits per heavy atom. The van der Waals surface area contributed by atoms with Crippen molar-refractivity contribution < 1.29 is 49.0 Å². The Hall–Kier alpha value is -2.34. The molecule has 0 aromatic heterocycles. The largest absolute Gasteiger partial charge is 0.462 e. The molecule has 1 aliphatic heterocycles. The van der Waals surface area contributed by atoms with Crippen LogP contribution in [0.3, 0.4) is 0 Å². The Morgan fingerprint density at radius 1 is 0.554 bits per heavy atom. The number of allylic oxidation sites excluding steroid dienone is 8. The molecule has 1 fully saturated rings. The molecular weight excluding hydrogens is 712 g/mol. The van der Waals surface area contributed by atoms with Crippen LogP contribution in [0.25, 0.3) is 0 Å². The monoisotopic (exact) mass is 793 g/mol. The van der Waals surface area contributed by atoms with E-state index in [1.165, 1.54) is 57.8 Å². The molecule has 6 atom stereocenters. The van der Waals surface area contributed by atoms with Crippen molar-refractivity contribution in [3.8, 4) is 0 Å². The third-order valence-electron chi connectivity index (χ3n) is 9.94. The zero-order valence-corrected chi connectivity index (χ0v) is 35.1. The summed E-state index contributed by atoms with van der Waals surface area (Å²) in [7, 11) is 0. The van der Waals surface area contributed by atoms with E-state index in [1.54, 1.807) is 0 Å². The lowest BCUT2D eigenvalue weighted by Gasteiger charge is -2.39. The topological polar surface area (TPSA) is 152 Å². The summed E-state index contributed by atoms with van der Waals surface area (Å²) in [5.74, 6) is -0.844. The lowest BCUT2D eigenvalue weighted by molar-refractivity contribution is -0.305.